The quantitative estimate of drug-likeness (QED) is 0.913. The van der Waals surface area contributed by atoms with Crippen LogP contribution in [0.15, 0.2) is 28.7 Å². The molecular weight excluding hydrogens is 282 g/mol. The highest BCUT2D eigenvalue weighted by molar-refractivity contribution is 9.10. The van der Waals surface area contributed by atoms with Crippen LogP contribution in [0.4, 0.5) is 0 Å². The SMILES string of the molecule is Cc1cc(Oc2ccc([C@@H](C)N)cc2Br)n[nH]1. The minimum absolute atomic E-state index is 0.00739. The Kier molecular flexibility index (Phi) is 3.49. The van der Waals surface area contributed by atoms with Gasteiger partial charge in [0.2, 0.25) is 5.88 Å². The third-order valence-electron chi connectivity index (χ3n) is 2.38. The number of hydrogen-bond donors (Lipinski definition) is 2. The Morgan fingerprint density at radius 2 is 2.18 bits per heavy atom. The van der Waals surface area contributed by atoms with Crippen molar-refractivity contribution >= 4 is 15.9 Å². The molecule has 1 aromatic heterocycles. The molecule has 1 heterocycles. The summed E-state index contributed by atoms with van der Waals surface area (Å²) in [6, 6.07) is 7.63. The maximum Gasteiger partial charge on any atom is 0.238 e. The molecule has 0 aliphatic rings. The molecule has 4 nitrogen and oxygen atoms in total. The molecule has 1 aromatic carbocycles. The number of hydrogen-bond acceptors (Lipinski definition) is 3. The van der Waals surface area contributed by atoms with Crippen molar-refractivity contribution in [3.63, 3.8) is 0 Å². The zero-order chi connectivity index (χ0) is 12.4. The van der Waals surface area contributed by atoms with E-state index in [2.05, 4.69) is 26.1 Å². The van der Waals surface area contributed by atoms with Crippen LogP contribution < -0.4 is 10.5 Å². The van der Waals surface area contributed by atoms with E-state index in [9.17, 15) is 0 Å². The van der Waals surface area contributed by atoms with Crippen LogP contribution in [0.1, 0.15) is 24.2 Å². The first kappa shape index (κ1) is 12.1. The minimum Gasteiger partial charge on any atom is -0.436 e. The van der Waals surface area contributed by atoms with Crippen molar-refractivity contribution in [2.45, 2.75) is 19.9 Å². The van der Waals surface area contributed by atoms with Crippen LogP contribution in [-0.4, -0.2) is 10.2 Å². The van der Waals surface area contributed by atoms with E-state index in [1.807, 2.05) is 38.1 Å². The second kappa shape index (κ2) is 4.89. The van der Waals surface area contributed by atoms with Crippen molar-refractivity contribution < 1.29 is 4.74 Å². The van der Waals surface area contributed by atoms with Crippen molar-refractivity contribution in [2.75, 3.05) is 0 Å². The van der Waals surface area contributed by atoms with E-state index in [-0.39, 0.29) is 6.04 Å². The summed E-state index contributed by atoms with van der Waals surface area (Å²) in [6.45, 7) is 3.87. The number of rotatable bonds is 3. The number of aromatic amines is 1. The molecule has 2 rings (SSSR count). The van der Waals surface area contributed by atoms with Gasteiger partial charge < -0.3 is 10.5 Å². The molecule has 0 amide bonds. The Labute approximate surface area is 108 Å². The van der Waals surface area contributed by atoms with Gasteiger partial charge in [0.25, 0.3) is 0 Å². The molecule has 17 heavy (non-hydrogen) atoms. The maximum absolute atomic E-state index is 5.81. The standard InChI is InChI=1S/C12H14BrN3O/c1-7-5-12(16-15-7)17-11-4-3-9(8(2)14)6-10(11)13/h3-6,8H,14H2,1-2H3,(H,15,16)/t8-/m1/s1. The third-order valence-corrected chi connectivity index (χ3v) is 3.00. The summed E-state index contributed by atoms with van der Waals surface area (Å²) in [5.74, 6) is 1.28. The number of H-pyrrole nitrogens is 1. The molecule has 1 atom stereocenters. The molecule has 3 N–H and O–H groups in total. The zero-order valence-electron chi connectivity index (χ0n) is 9.70. The molecule has 5 heteroatoms. The Balaban J connectivity index is 2.22. The average Bonchev–Trinajstić information content (AvgIpc) is 2.67. The van der Waals surface area contributed by atoms with E-state index in [0.29, 0.717) is 5.88 Å². The topological polar surface area (TPSA) is 63.9 Å². The molecule has 0 radical (unpaired) electrons. The lowest BCUT2D eigenvalue weighted by atomic mass is 10.1. The molecule has 0 saturated heterocycles. The number of nitrogens with zero attached hydrogens (tertiary/aromatic N) is 1. The number of benzene rings is 1. The van der Waals surface area contributed by atoms with Crippen LogP contribution in [0.3, 0.4) is 0 Å². The zero-order valence-corrected chi connectivity index (χ0v) is 11.3. The van der Waals surface area contributed by atoms with Crippen LogP contribution in [-0.2, 0) is 0 Å². The Morgan fingerprint density at radius 1 is 1.41 bits per heavy atom. The molecule has 0 aliphatic heterocycles. The van der Waals surface area contributed by atoms with Crippen LogP contribution in [0.5, 0.6) is 11.6 Å². The van der Waals surface area contributed by atoms with Gasteiger partial charge in [-0.1, -0.05) is 6.07 Å². The van der Waals surface area contributed by atoms with E-state index in [4.69, 9.17) is 10.5 Å². The fourth-order valence-electron chi connectivity index (χ4n) is 1.44. The van der Waals surface area contributed by atoms with Crippen LogP contribution in [0, 0.1) is 6.92 Å². The van der Waals surface area contributed by atoms with Gasteiger partial charge in [-0.15, -0.1) is 5.10 Å². The van der Waals surface area contributed by atoms with E-state index in [1.54, 1.807) is 0 Å². The van der Waals surface area contributed by atoms with Gasteiger partial charge in [-0.05, 0) is 47.5 Å². The highest BCUT2D eigenvalue weighted by Gasteiger charge is 2.07. The van der Waals surface area contributed by atoms with Gasteiger partial charge in [0.05, 0.1) is 4.47 Å². The summed E-state index contributed by atoms with van der Waals surface area (Å²) >= 11 is 3.46. The first-order chi connectivity index (χ1) is 8.06. The van der Waals surface area contributed by atoms with Gasteiger partial charge in [-0.25, -0.2) is 0 Å². The number of ether oxygens (including phenoxy) is 1. The largest absolute Gasteiger partial charge is 0.436 e. The number of aryl methyl sites for hydroxylation is 1. The van der Waals surface area contributed by atoms with Crippen LogP contribution in [0.25, 0.3) is 0 Å². The van der Waals surface area contributed by atoms with Gasteiger partial charge in [-0.3, -0.25) is 5.10 Å². The molecule has 0 unspecified atom stereocenters. The minimum atomic E-state index is 0.00739. The number of aromatic nitrogens is 2. The van der Waals surface area contributed by atoms with Gasteiger partial charge in [0.1, 0.15) is 5.75 Å². The second-order valence-corrected chi connectivity index (χ2v) is 4.82. The average molecular weight is 296 g/mol. The summed E-state index contributed by atoms with van der Waals surface area (Å²) in [5.41, 5.74) is 7.83. The molecule has 0 saturated carbocycles. The highest BCUT2D eigenvalue weighted by Crippen LogP contribution is 2.31. The molecule has 0 aliphatic carbocycles. The van der Waals surface area contributed by atoms with Crippen molar-refractivity contribution in [2.24, 2.45) is 5.73 Å². The predicted octanol–water partition coefficient (Wildman–Crippen LogP) is 3.29. The number of nitrogens with two attached hydrogens (primary N) is 1. The predicted molar refractivity (Wildman–Crippen MR) is 70.1 cm³/mol. The summed E-state index contributed by atoms with van der Waals surface area (Å²) in [5, 5.41) is 6.84. The Bertz CT molecular complexity index is 522. The molecule has 2 aromatic rings. The number of nitrogens with one attached hydrogen (secondary N) is 1. The van der Waals surface area contributed by atoms with E-state index in [1.165, 1.54) is 0 Å². The van der Waals surface area contributed by atoms with E-state index < -0.39 is 0 Å². The van der Waals surface area contributed by atoms with Gasteiger partial charge >= 0.3 is 0 Å². The van der Waals surface area contributed by atoms with Crippen LogP contribution in [0.2, 0.25) is 0 Å². The lowest BCUT2D eigenvalue weighted by molar-refractivity contribution is 0.458. The number of halogens is 1. The first-order valence-electron chi connectivity index (χ1n) is 5.31. The van der Waals surface area contributed by atoms with Crippen molar-refractivity contribution in [3.05, 3.63) is 40.0 Å². The maximum atomic E-state index is 5.81. The monoisotopic (exact) mass is 295 g/mol. The van der Waals surface area contributed by atoms with Crippen LogP contribution >= 0.6 is 15.9 Å². The summed E-state index contributed by atoms with van der Waals surface area (Å²) in [7, 11) is 0. The summed E-state index contributed by atoms with van der Waals surface area (Å²) < 4.78 is 6.50. The normalized spacial score (nSPS) is 12.5. The van der Waals surface area contributed by atoms with Crippen molar-refractivity contribution in [3.8, 4) is 11.6 Å². The molecule has 90 valence electrons. The Hall–Kier alpha value is -1.33. The smallest absolute Gasteiger partial charge is 0.238 e. The summed E-state index contributed by atoms with van der Waals surface area (Å²) in [6.07, 6.45) is 0. The van der Waals surface area contributed by atoms with Crippen molar-refractivity contribution in [1.29, 1.82) is 0 Å². The fraction of sp³-hybridized carbons (Fsp3) is 0.250. The van der Waals surface area contributed by atoms with Gasteiger partial charge in [-0.2, -0.15) is 0 Å². The lowest BCUT2D eigenvalue weighted by Crippen LogP contribution is -2.04. The molecular formula is C12H14BrN3O. The molecule has 0 spiro atoms. The van der Waals surface area contributed by atoms with E-state index >= 15 is 0 Å². The third kappa shape index (κ3) is 2.87. The van der Waals surface area contributed by atoms with Gasteiger partial charge in [0.15, 0.2) is 0 Å². The Morgan fingerprint density at radius 3 is 2.71 bits per heavy atom. The molecule has 0 fully saturated rings. The summed E-state index contributed by atoms with van der Waals surface area (Å²) in [4.78, 5) is 0. The highest BCUT2D eigenvalue weighted by atomic mass is 79.9. The lowest BCUT2D eigenvalue weighted by Gasteiger charge is -2.09. The van der Waals surface area contributed by atoms with Crippen molar-refractivity contribution in [1.82, 2.24) is 10.2 Å². The second-order valence-electron chi connectivity index (χ2n) is 3.97. The van der Waals surface area contributed by atoms with E-state index in [0.717, 1.165) is 21.5 Å². The fourth-order valence-corrected chi connectivity index (χ4v) is 1.92. The van der Waals surface area contributed by atoms with Gasteiger partial charge in [0, 0.05) is 17.8 Å². The first-order valence-corrected chi connectivity index (χ1v) is 6.10. The molecule has 0 bridgehead atoms.